The van der Waals surface area contributed by atoms with Gasteiger partial charge < -0.3 is 45.7 Å². The minimum Gasteiger partial charge on any atom is -0.464 e. The molecular weight excluding hydrogens is 795 g/mol. The second-order valence-corrected chi connectivity index (χ2v) is 17.1. The molecule has 5 amide bonds. The number of amides is 5. The highest BCUT2D eigenvalue weighted by atomic mass is 16.5. The Hall–Kier alpha value is -4.12. The zero-order chi connectivity index (χ0) is 47.1. The van der Waals surface area contributed by atoms with Gasteiger partial charge >= 0.3 is 5.97 Å². The lowest BCUT2D eigenvalue weighted by Gasteiger charge is -2.39. The minimum atomic E-state index is -0.907. The van der Waals surface area contributed by atoms with Gasteiger partial charge in [-0.05, 0) is 57.7 Å². The number of hydrogen-bond donors (Lipinski definition) is 4. The van der Waals surface area contributed by atoms with E-state index >= 15 is 0 Å². The van der Waals surface area contributed by atoms with Gasteiger partial charge in [-0.2, -0.15) is 0 Å². The van der Waals surface area contributed by atoms with Crippen LogP contribution in [0, 0.1) is 17.8 Å². The van der Waals surface area contributed by atoms with Crippen molar-refractivity contribution in [3.05, 3.63) is 35.9 Å². The van der Waals surface area contributed by atoms with Crippen molar-refractivity contribution in [2.45, 2.75) is 143 Å². The average molecular weight is 876 g/mol. The summed E-state index contributed by atoms with van der Waals surface area (Å²) in [6, 6.07) is 6.42. The fraction of sp³-hybridized carbons (Fsp3) is 0.739. The molecule has 0 bridgehead atoms. The van der Waals surface area contributed by atoms with E-state index in [1.807, 2.05) is 77.0 Å². The van der Waals surface area contributed by atoms with Crippen molar-refractivity contribution in [3.63, 3.8) is 0 Å². The smallest absolute Gasteiger partial charge is 0.322 e. The Bertz CT molecular complexity index is 1500. The van der Waals surface area contributed by atoms with Crippen molar-refractivity contribution in [1.82, 2.24) is 30.7 Å². The number of likely N-dealkylation sites (tertiary alicyclic amines) is 1. The number of carbonyl (C=O) groups is 6. The first kappa shape index (κ1) is 55.9. The number of ether oxygens (including phenoxy) is 3. The molecule has 1 aromatic carbocycles. The van der Waals surface area contributed by atoms with Crippen molar-refractivity contribution in [3.8, 4) is 0 Å². The molecule has 16 nitrogen and oxygen atoms in total. The molecule has 16 heteroatoms. The summed E-state index contributed by atoms with van der Waals surface area (Å²) in [4.78, 5) is 84.9. The summed E-state index contributed by atoms with van der Waals surface area (Å²) in [5, 5.41) is 8.57. The molecule has 9 atom stereocenters. The number of rotatable bonds is 25. The number of esters is 1. The third kappa shape index (κ3) is 17.9. The van der Waals surface area contributed by atoms with Crippen LogP contribution in [0.2, 0.25) is 0 Å². The van der Waals surface area contributed by atoms with E-state index in [2.05, 4.69) is 29.8 Å². The number of carbonyl (C=O) groups excluding carboxylic acids is 6. The van der Waals surface area contributed by atoms with Gasteiger partial charge in [0.15, 0.2) is 0 Å². The van der Waals surface area contributed by atoms with Gasteiger partial charge in [-0.25, -0.2) is 0 Å². The normalized spacial score (nSPS) is 17.6. The van der Waals surface area contributed by atoms with Gasteiger partial charge in [0.2, 0.25) is 29.5 Å². The fourth-order valence-corrected chi connectivity index (χ4v) is 7.92. The molecule has 1 fully saturated rings. The number of hydrogen-bond acceptors (Lipinski definition) is 11. The molecule has 0 radical (unpaired) electrons. The summed E-state index contributed by atoms with van der Waals surface area (Å²) in [5.74, 6) is -2.75. The maximum absolute atomic E-state index is 14.2. The van der Waals surface area contributed by atoms with Crippen LogP contribution in [-0.2, 0) is 49.4 Å². The summed E-state index contributed by atoms with van der Waals surface area (Å²) >= 11 is 0. The van der Waals surface area contributed by atoms with Crippen LogP contribution < -0.4 is 21.7 Å². The molecule has 2 rings (SSSR count). The highest BCUT2D eigenvalue weighted by Gasteiger charge is 2.42. The van der Waals surface area contributed by atoms with Crippen molar-refractivity contribution >= 4 is 35.5 Å². The van der Waals surface area contributed by atoms with Crippen molar-refractivity contribution < 1.29 is 43.0 Å². The zero-order valence-corrected chi connectivity index (χ0v) is 40.0. The fourth-order valence-electron chi connectivity index (χ4n) is 7.92. The molecule has 0 saturated carbocycles. The number of methoxy groups -OCH3 is 2. The molecule has 1 aliphatic rings. The van der Waals surface area contributed by atoms with Crippen LogP contribution in [0.15, 0.2) is 30.3 Å². The number of nitrogens with one attached hydrogen (secondary N) is 3. The summed E-state index contributed by atoms with van der Waals surface area (Å²) < 4.78 is 17.0. The van der Waals surface area contributed by atoms with E-state index in [0.29, 0.717) is 25.8 Å². The third-order valence-corrected chi connectivity index (χ3v) is 11.3. The predicted molar refractivity (Wildman–Crippen MR) is 242 cm³/mol. The van der Waals surface area contributed by atoms with Crippen LogP contribution in [0.1, 0.15) is 99.5 Å². The zero-order valence-electron chi connectivity index (χ0n) is 40.0. The van der Waals surface area contributed by atoms with E-state index < -0.39 is 60.2 Å². The standard InChI is InChI=1S/C43H73N7O9.C3H8/c1-12-28(4)38(49(9)36(52)26-46-42(55)37(27(2)3)48(7)8)34(57-10)25-35(51)50-22-16-20-33(50)39(58-11)29(5)40(53)47-32(24-31-18-14-13-15-19-31)41(54)45-21-17-23-59-43(56)30(6)44;1-3-2/h13-15,18-19,27-30,32-34,37-39H,12,16-17,20-26,44H2,1-11H3,(H,45,54)(H,46,55)(H,47,53);3H2,1-2H3. The quantitative estimate of drug-likeness (QED) is 0.0831. The first-order chi connectivity index (χ1) is 29.3. The average Bonchev–Trinajstić information content (AvgIpc) is 3.72. The van der Waals surface area contributed by atoms with E-state index in [1.54, 1.807) is 23.8 Å². The first-order valence-corrected chi connectivity index (χ1v) is 22.4. The Labute approximate surface area is 372 Å². The Morgan fingerprint density at radius 1 is 0.887 bits per heavy atom. The maximum Gasteiger partial charge on any atom is 0.322 e. The number of benzene rings is 1. The summed E-state index contributed by atoms with van der Waals surface area (Å²) in [5.41, 5.74) is 6.39. The second kappa shape index (κ2) is 29.3. The van der Waals surface area contributed by atoms with Crippen LogP contribution in [-0.4, -0.2) is 154 Å². The lowest BCUT2D eigenvalue weighted by Crippen LogP contribution is -2.55. The van der Waals surface area contributed by atoms with E-state index in [9.17, 15) is 28.8 Å². The molecule has 0 aromatic heterocycles. The predicted octanol–water partition coefficient (Wildman–Crippen LogP) is 3.15. The van der Waals surface area contributed by atoms with Crippen LogP contribution >= 0.6 is 0 Å². The van der Waals surface area contributed by atoms with Gasteiger partial charge in [0.1, 0.15) is 12.1 Å². The molecular formula is C46H81N7O9. The Morgan fingerprint density at radius 2 is 1.52 bits per heavy atom. The topological polar surface area (TPSA) is 202 Å². The van der Waals surface area contributed by atoms with Gasteiger partial charge in [0.25, 0.3) is 0 Å². The summed E-state index contributed by atoms with van der Waals surface area (Å²) in [6.07, 6.45) is 2.55. The maximum atomic E-state index is 14.2. The van der Waals surface area contributed by atoms with Gasteiger partial charge in [-0.15, -0.1) is 0 Å². The monoisotopic (exact) mass is 876 g/mol. The molecule has 5 N–H and O–H groups in total. The van der Waals surface area contributed by atoms with Crippen LogP contribution in [0.5, 0.6) is 0 Å². The van der Waals surface area contributed by atoms with E-state index in [1.165, 1.54) is 27.6 Å². The molecule has 9 unspecified atom stereocenters. The first-order valence-electron chi connectivity index (χ1n) is 22.4. The van der Waals surface area contributed by atoms with Crippen molar-refractivity contribution in [2.75, 3.05) is 61.6 Å². The molecule has 1 saturated heterocycles. The molecule has 1 aliphatic heterocycles. The van der Waals surface area contributed by atoms with E-state index in [4.69, 9.17) is 19.9 Å². The van der Waals surface area contributed by atoms with Crippen LogP contribution in [0.3, 0.4) is 0 Å². The molecule has 354 valence electrons. The lowest BCUT2D eigenvalue weighted by molar-refractivity contribution is -0.146. The number of nitrogens with zero attached hydrogens (tertiary/aromatic N) is 3. The summed E-state index contributed by atoms with van der Waals surface area (Å²) in [7, 11) is 8.38. The van der Waals surface area contributed by atoms with Crippen molar-refractivity contribution in [2.24, 2.45) is 23.5 Å². The van der Waals surface area contributed by atoms with Gasteiger partial charge in [0, 0.05) is 40.8 Å². The third-order valence-electron chi connectivity index (χ3n) is 11.3. The largest absolute Gasteiger partial charge is 0.464 e. The van der Waals surface area contributed by atoms with Gasteiger partial charge in [-0.1, -0.05) is 91.6 Å². The molecule has 1 aromatic rings. The highest BCUT2D eigenvalue weighted by molar-refractivity contribution is 5.89. The lowest BCUT2D eigenvalue weighted by atomic mass is 9.90. The highest BCUT2D eigenvalue weighted by Crippen LogP contribution is 2.29. The molecule has 1 heterocycles. The SMILES string of the molecule is CCC.CCC(C)C(C(CC(=O)N1CCCC1C(OC)C(C)C(=O)NC(Cc1ccccc1)C(=O)NCCCOC(=O)C(C)N)OC)N(C)C(=O)CNC(=O)C(C(C)C)N(C)C. The van der Waals surface area contributed by atoms with Gasteiger partial charge in [0.05, 0.1) is 55.8 Å². The van der Waals surface area contributed by atoms with Crippen LogP contribution in [0.4, 0.5) is 0 Å². The number of likely N-dealkylation sites (N-methyl/N-ethyl adjacent to an activating group) is 2. The van der Waals surface area contributed by atoms with Crippen molar-refractivity contribution in [1.29, 1.82) is 0 Å². The Balaban J connectivity index is 0.00000621. The van der Waals surface area contributed by atoms with Gasteiger partial charge in [-0.3, -0.25) is 33.7 Å². The van der Waals surface area contributed by atoms with E-state index in [0.717, 1.165) is 12.0 Å². The number of nitrogens with two attached hydrogens (primary N) is 1. The Kier molecular flexibility index (Phi) is 26.4. The summed E-state index contributed by atoms with van der Waals surface area (Å²) in [6.45, 7) is 16.0. The Morgan fingerprint density at radius 3 is 2.05 bits per heavy atom. The van der Waals surface area contributed by atoms with Crippen LogP contribution in [0.25, 0.3) is 0 Å². The second-order valence-electron chi connectivity index (χ2n) is 17.1. The minimum absolute atomic E-state index is 0.0111. The molecule has 62 heavy (non-hydrogen) atoms. The molecule has 0 aliphatic carbocycles. The molecule has 0 spiro atoms. The van der Waals surface area contributed by atoms with E-state index in [-0.39, 0.29) is 68.0 Å².